The van der Waals surface area contributed by atoms with Gasteiger partial charge in [-0.15, -0.1) is 0 Å². The van der Waals surface area contributed by atoms with Crippen LogP contribution in [0.5, 0.6) is 0 Å². The number of aromatic nitrogens is 2. The molecule has 4 heteroatoms. The normalized spacial score (nSPS) is 10.5. The first-order valence-electron chi connectivity index (χ1n) is 4.67. The van der Waals surface area contributed by atoms with Crippen LogP contribution in [-0.2, 0) is 13.5 Å². The summed E-state index contributed by atoms with van der Waals surface area (Å²) in [5.41, 5.74) is 7.75. The molecule has 0 radical (unpaired) electrons. The van der Waals surface area contributed by atoms with Gasteiger partial charge in [0.15, 0.2) is 5.95 Å². The minimum Gasteiger partial charge on any atom is -0.369 e. The van der Waals surface area contributed by atoms with Crippen LogP contribution in [0.1, 0.15) is 11.3 Å². The van der Waals surface area contributed by atoms with Crippen molar-refractivity contribution >= 4 is 17.5 Å². The van der Waals surface area contributed by atoms with E-state index in [-0.39, 0.29) is 0 Å². The van der Waals surface area contributed by atoms with Crippen molar-refractivity contribution < 1.29 is 0 Å². The number of hydrogen-bond acceptors (Lipinski definition) is 2. The summed E-state index contributed by atoms with van der Waals surface area (Å²) < 4.78 is 1.81. The van der Waals surface area contributed by atoms with Gasteiger partial charge in [-0.05, 0) is 17.7 Å². The molecule has 0 saturated heterocycles. The third-order valence-corrected chi connectivity index (χ3v) is 2.47. The van der Waals surface area contributed by atoms with Crippen molar-refractivity contribution in [2.24, 2.45) is 7.05 Å². The summed E-state index contributed by atoms with van der Waals surface area (Å²) in [5, 5.41) is 0.747. The largest absolute Gasteiger partial charge is 0.369 e. The first kappa shape index (κ1) is 10.1. The van der Waals surface area contributed by atoms with Gasteiger partial charge in [-0.2, -0.15) is 0 Å². The highest BCUT2D eigenvalue weighted by Gasteiger charge is 2.03. The smallest absolute Gasteiger partial charge is 0.200 e. The summed E-state index contributed by atoms with van der Waals surface area (Å²) in [6.07, 6.45) is 2.68. The summed E-state index contributed by atoms with van der Waals surface area (Å²) >= 11 is 5.90. The maximum Gasteiger partial charge on any atom is 0.200 e. The molecular weight excluding hydrogens is 210 g/mol. The van der Waals surface area contributed by atoms with E-state index < -0.39 is 0 Å². The van der Waals surface area contributed by atoms with E-state index in [1.54, 1.807) is 4.57 Å². The van der Waals surface area contributed by atoms with Gasteiger partial charge in [0.2, 0.25) is 0 Å². The first-order valence-corrected chi connectivity index (χ1v) is 5.05. The Hall–Kier alpha value is -1.48. The number of rotatable bonds is 2. The van der Waals surface area contributed by atoms with Gasteiger partial charge in [0.25, 0.3) is 0 Å². The summed E-state index contributed by atoms with van der Waals surface area (Å²) in [5.74, 6) is 0.534. The molecule has 15 heavy (non-hydrogen) atoms. The second-order valence-corrected chi connectivity index (χ2v) is 3.94. The molecule has 0 aliphatic heterocycles. The van der Waals surface area contributed by atoms with Crippen LogP contribution in [0, 0.1) is 0 Å². The lowest BCUT2D eigenvalue weighted by atomic mass is 10.1. The van der Waals surface area contributed by atoms with E-state index in [1.165, 1.54) is 0 Å². The number of nitrogens with two attached hydrogens (primary N) is 1. The molecule has 2 rings (SSSR count). The molecule has 0 bridgehead atoms. The average Bonchev–Trinajstić information content (AvgIpc) is 2.45. The van der Waals surface area contributed by atoms with Crippen LogP contribution in [-0.4, -0.2) is 9.55 Å². The monoisotopic (exact) mass is 221 g/mol. The quantitative estimate of drug-likeness (QED) is 0.846. The van der Waals surface area contributed by atoms with Crippen molar-refractivity contribution in [2.75, 3.05) is 5.73 Å². The predicted molar refractivity (Wildman–Crippen MR) is 61.9 cm³/mol. The fourth-order valence-corrected chi connectivity index (χ4v) is 1.70. The third kappa shape index (κ3) is 2.30. The summed E-state index contributed by atoms with van der Waals surface area (Å²) in [7, 11) is 1.88. The highest BCUT2D eigenvalue weighted by atomic mass is 35.5. The molecular formula is C11H12ClN3. The Bertz CT molecular complexity index is 457. The zero-order chi connectivity index (χ0) is 10.8. The molecule has 2 N–H and O–H groups in total. The Morgan fingerprint density at radius 3 is 2.87 bits per heavy atom. The van der Waals surface area contributed by atoms with Crippen LogP contribution < -0.4 is 5.73 Å². The molecule has 0 aliphatic carbocycles. The third-order valence-electron chi connectivity index (χ3n) is 2.24. The number of benzene rings is 1. The van der Waals surface area contributed by atoms with E-state index >= 15 is 0 Å². The molecule has 0 spiro atoms. The summed E-state index contributed by atoms with van der Waals surface area (Å²) in [6, 6.07) is 7.75. The standard InChI is InChI=1S/C11H12ClN3/c1-15-7-10(14-11(15)13)6-8-3-2-4-9(12)5-8/h2-5,7H,6H2,1H3,(H2,13,14). The number of nitrogens with zero attached hydrogens (tertiary/aromatic N) is 2. The van der Waals surface area contributed by atoms with E-state index in [0.29, 0.717) is 5.95 Å². The Kier molecular flexibility index (Phi) is 2.64. The van der Waals surface area contributed by atoms with Crippen molar-refractivity contribution in [3.8, 4) is 0 Å². The van der Waals surface area contributed by atoms with Gasteiger partial charge in [0.05, 0.1) is 5.69 Å². The second-order valence-electron chi connectivity index (χ2n) is 3.51. The molecule has 78 valence electrons. The minimum absolute atomic E-state index is 0.534. The molecule has 1 aromatic carbocycles. The lowest BCUT2D eigenvalue weighted by molar-refractivity contribution is 0.928. The number of nitrogen functional groups attached to an aromatic ring is 1. The highest BCUT2D eigenvalue weighted by molar-refractivity contribution is 6.30. The van der Waals surface area contributed by atoms with Gasteiger partial charge in [-0.3, -0.25) is 0 Å². The van der Waals surface area contributed by atoms with Crippen molar-refractivity contribution in [3.63, 3.8) is 0 Å². The van der Waals surface area contributed by atoms with Gasteiger partial charge in [-0.25, -0.2) is 4.98 Å². The van der Waals surface area contributed by atoms with Crippen molar-refractivity contribution in [2.45, 2.75) is 6.42 Å². The lowest BCUT2D eigenvalue weighted by Gasteiger charge is -1.98. The SMILES string of the molecule is Cn1cc(Cc2cccc(Cl)c2)nc1N. The zero-order valence-electron chi connectivity index (χ0n) is 8.44. The van der Waals surface area contributed by atoms with Crippen molar-refractivity contribution in [1.29, 1.82) is 0 Å². The fourth-order valence-electron chi connectivity index (χ4n) is 1.49. The van der Waals surface area contributed by atoms with Crippen molar-refractivity contribution in [1.82, 2.24) is 9.55 Å². The van der Waals surface area contributed by atoms with Crippen molar-refractivity contribution in [3.05, 3.63) is 46.7 Å². The maximum atomic E-state index is 5.90. The Morgan fingerprint density at radius 2 is 2.27 bits per heavy atom. The molecule has 0 atom stereocenters. The van der Waals surface area contributed by atoms with Gasteiger partial charge < -0.3 is 10.3 Å². The number of hydrogen-bond donors (Lipinski definition) is 1. The van der Waals surface area contributed by atoms with E-state index in [9.17, 15) is 0 Å². The number of aryl methyl sites for hydroxylation is 1. The maximum absolute atomic E-state index is 5.90. The predicted octanol–water partition coefficient (Wildman–Crippen LogP) is 2.25. The highest BCUT2D eigenvalue weighted by Crippen LogP contribution is 2.14. The van der Waals surface area contributed by atoms with E-state index in [1.807, 2.05) is 37.5 Å². The minimum atomic E-state index is 0.534. The Morgan fingerprint density at radius 1 is 1.47 bits per heavy atom. The van der Waals surface area contributed by atoms with Crippen LogP contribution in [0.4, 0.5) is 5.95 Å². The topological polar surface area (TPSA) is 43.8 Å². The van der Waals surface area contributed by atoms with Crippen LogP contribution in [0.3, 0.4) is 0 Å². The number of anilines is 1. The van der Waals surface area contributed by atoms with Gasteiger partial charge >= 0.3 is 0 Å². The van der Waals surface area contributed by atoms with Crippen LogP contribution >= 0.6 is 11.6 Å². The van der Waals surface area contributed by atoms with Gasteiger partial charge in [-0.1, -0.05) is 23.7 Å². The molecule has 0 unspecified atom stereocenters. The van der Waals surface area contributed by atoms with Crippen LogP contribution in [0.25, 0.3) is 0 Å². The van der Waals surface area contributed by atoms with Crippen LogP contribution in [0.2, 0.25) is 5.02 Å². The fraction of sp³-hybridized carbons (Fsp3) is 0.182. The second kappa shape index (κ2) is 3.95. The zero-order valence-corrected chi connectivity index (χ0v) is 9.20. The molecule has 0 fully saturated rings. The van der Waals surface area contributed by atoms with Gasteiger partial charge in [0, 0.05) is 24.7 Å². The summed E-state index contributed by atoms with van der Waals surface area (Å²) in [6.45, 7) is 0. The molecule has 2 aromatic rings. The molecule has 0 amide bonds. The van der Waals surface area contributed by atoms with E-state index in [2.05, 4.69) is 4.98 Å². The number of halogens is 1. The van der Waals surface area contributed by atoms with Gasteiger partial charge in [0.1, 0.15) is 0 Å². The Labute approximate surface area is 93.5 Å². The molecule has 0 aliphatic rings. The molecule has 1 heterocycles. The first-order chi connectivity index (χ1) is 7.15. The molecule has 1 aromatic heterocycles. The van der Waals surface area contributed by atoms with Crippen LogP contribution in [0.15, 0.2) is 30.5 Å². The lowest BCUT2D eigenvalue weighted by Crippen LogP contribution is -1.94. The summed E-state index contributed by atoms with van der Waals surface area (Å²) in [4.78, 5) is 4.23. The molecule has 3 nitrogen and oxygen atoms in total. The molecule has 0 saturated carbocycles. The van der Waals surface area contributed by atoms with E-state index in [4.69, 9.17) is 17.3 Å². The van der Waals surface area contributed by atoms with E-state index in [0.717, 1.165) is 22.7 Å². The number of imidazole rings is 1. The average molecular weight is 222 g/mol. The Balaban J connectivity index is 2.22.